The van der Waals surface area contributed by atoms with Crippen molar-refractivity contribution in [1.82, 2.24) is 0 Å². The lowest BCUT2D eigenvalue weighted by Crippen LogP contribution is -2.22. The van der Waals surface area contributed by atoms with Gasteiger partial charge in [-0.2, -0.15) is 8.78 Å². The van der Waals surface area contributed by atoms with Gasteiger partial charge >= 0.3 is 12.1 Å². The van der Waals surface area contributed by atoms with Gasteiger partial charge in [0, 0.05) is 13.3 Å². The van der Waals surface area contributed by atoms with E-state index in [1.54, 1.807) is 0 Å². The zero-order valence-corrected chi connectivity index (χ0v) is 7.18. The van der Waals surface area contributed by atoms with E-state index in [0.717, 1.165) is 0 Å². The van der Waals surface area contributed by atoms with Crippen LogP contribution >= 0.6 is 0 Å². The minimum Gasteiger partial charge on any atom is -0.401 e. The van der Waals surface area contributed by atoms with Gasteiger partial charge in [-0.3, -0.25) is 9.59 Å². The molecule has 0 unspecified atom stereocenters. The fourth-order valence-corrected chi connectivity index (χ4v) is 0.594. The lowest BCUT2D eigenvalue weighted by atomic mass is 10.2. The first kappa shape index (κ1) is 12.0. The fraction of sp³-hybridized carbons (Fsp3) is 0.714. The predicted octanol–water partition coefficient (Wildman–Crippen LogP) is 0.450. The van der Waals surface area contributed by atoms with Gasteiger partial charge in [0.05, 0.1) is 13.0 Å². The average Bonchev–Trinajstić information content (AvgIpc) is 1.97. The Morgan fingerprint density at radius 3 is 2.31 bits per heavy atom. The molecule has 0 saturated carbocycles. The number of ketones is 1. The van der Waals surface area contributed by atoms with Gasteiger partial charge < -0.3 is 10.5 Å². The highest BCUT2D eigenvalue weighted by atomic mass is 19.3. The molecule has 0 aromatic carbocycles. The summed E-state index contributed by atoms with van der Waals surface area (Å²) in [5, 5.41) is 0. The Labute approximate surface area is 74.0 Å². The summed E-state index contributed by atoms with van der Waals surface area (Å²) in [5.74, 6) is -1.47. The molecule has 0 radical (unpaired) electrons. The van der Waals surface area contributed by atoms with Crippen LogP contribution in [0.5, 0.6) is 0 Å². The second kappa shape index (κ2) is 4.86. The van der Waals surface area contributed by atoms with Gasteiger partial charge in [0.15, 0.2) is 0 Å². The molecule has 13 heavy (non-hydrogen) atoms. The summed E-state index contributed by atoms with van der Waals surface area (Å²) in [4.78, 5) is 21.1. The van der Waals surface area contributed by atoms with Gasteiger partial charge in [0.25, 0.3) is 0 Å². The molecular weight excluding hydrogens is 184 g/mol. The number of Topliss-reactive ketones (excluding diaryl/α,β-unsaturated/α-hetero) is 1. The van der Waals surface area contributed by atoms with Crippen LogP contribution in [0.3, 0.4) is 0 Å². The van der Waals surface area contributed by atoms with E-state index >= 15 is 0 Å². The van der Waals surface area contributed by atoms with E-state index in [-0.39, 0.29) is 25.2 Å². The quantitative estimate of drug-likeness (QED) is 0.646. The monoisotopic (exact) mass is 195 g/mol. The Morgan fingerprint density at radius 2 is 1.92 bits per heavy atom. The number of esters is 1. The minimum absolute atomic E-state index is 0.161. The predicted molar refractivity (Wildman–Crippen MR) is 40.0 cm³/mol. The zero-order valence-electron chi connectivity index (χ0n) is 7.18. The molecule has 6 heteroatoms. The van der Waals surface area contributed by atoms with E-state index < -0.39 is 12.1 Å². The van der Waals surface area contributed by atoms with E-state index in [2.05, 4.69) is 4.74 Å². The van der Waals surface area contributed by atoms with Crippen LogP contribution < -0.4 is 5.73 Å². The van der Waals surface area contributed by atoms with E-state index in [4.69, 9.17) is 5.73 Å². The van der Waals surface area contributed by atoms with Crippen LogP contribution in [0.1, 0.15) is 19.8 Å². The maximum Gasteiger partial charge on any atom is 0.396 e. The molecule has 0 saturated heterocycles. The molecule has 0 atom stereocenters. The molecule has 76 valence electrons. The maximum atomic E-state index is 12.0. The summed E-state index contributed by atoms with van der Waals surface area (Å²) in [7, 11) is 0. The molecule has 0 aromatic heterocycles. The molecule has 0 heterocycles. The molecule has 2 N–H and O–H groups in total. The molecule has 0 rings (SSSR count). The van der Waals surface area contributed by atoms with Crippen molar-refractivity contribution in [3.8, 4) is 0 Å². The molecule has 0 bridgehead atoms. The van der Waals surface area contributed by atoms with Crippen LogP contribution in [0.25, 0.3) is 0 Å². The first-order valence-electron chi connectivity index (χ1n) is 3.66. The molecule has 4 nitrogen and oxygen atoms in total. The van der Waals surface area contributed by atoms with Gasteiger partial charge in [-0.15, -0.1) is 0 Å². The maximum absolute atomic E-state index is 12.0. The Bertz CT molecular complexity index is 200. The lowest BCUT2D eigenvalue weighted by Gasteiger charge is -2.10. The molecule has 0 aliphatic rings. The van der Waals surface area contributed by atoms with Crippen LogP contribution in [-0.4, -0.2) is 24.4 Å². The average molecular weight is 195 g/mol. The summed E-state index contributed by atoms with van der Waals surface area (Å²) in [5.41, 5.74) is 4.94. The minimum atomic E-state index is -3.48. The van der Waals surface area contributed by atoms with Crippen LogP contribution in [0.4, 0.5) is 8.78 Å². The second-order valence-electron chi connectivity index (χ2n) is 2.52. The molecule has 0 amide bonds. The number of rotatable bonds is 5. The zero-order chi connectivity index (χ0) is 10.5. The molecule has 0 spiro atoms. The number of ether oxygens (including phenoxy) is 1. The van der Waals surface area contributed by atoms with E-state index in [1.807, 2.05) is 0 Å². The van der Waals surface area contributed by atoms with E-state index in [1.165, 1.54) is 0 Å². The first-order valence-corrected chi connectivity index (χ1v) is 3.66. The summed E-state index contributed by atoms with van der Waals surface area (Å²) >= 11 is 0. The van der Waals surface area contributed by atoms with Crippen molar-refractivity contribution in [1.29, 1.82) is 0 Å². The first-order chi connectivity index (χ1) is 5.85. The highest BCUT2D eigenvalue weighted by Crippen LogP contribution is 2.14. The van der Waals surface area contributed by atoms with Gasteiger partial charge in [-0.05, 0) is 0 Å². The Morgan fingerprint density at radius 1 is 1.38 bits per heavy atom. The molecular formula is C7H11F2NO3. The standard InChI is InChI=1S/C7H11F2NO3/c1-7(8,9)13-6(12)3-2-5(11)4-10/h2-4,10H2,1H3. The third kappa shape index (κ3) is 7.32. The smallest absolute Gasteiger partial charge is 0.396 e. The van der Waals surface area contributed by atoms with Gasteiger partial charge in [-0.25, -0.2) is 0 Å². The van der Waals surface area contributed by atoms with Gasteiger partial charge in [-0.1, -0.05) is 0 Å². The number of carbonyl (C=O) groups is 2. The molecule has 0 aromatic rings. The number of carbonyl (C=O) groups excluding carboxylic acids is 2. The summed E-state index contributed by atoms with van der Waals surface area (Å²) in [6.45, 7) is 0.255. The molecule has 0 aliphatic heterocycles. The van der Waals surface area contributed by atoms with Gasteiger partial charge in [0.1, 0.15) is 5.78 Å². The Hall–Kier alpha value is -1.04. The van der Waals surface area contributed by atoms with Crippen molar-refractivity contribution in [3.63, 3.8) is 0 Å². The largest absolute Gasteiger partial charge is 0.401 e. The van der Waals surface area contributed by atoms with Crippen molar-refractivity contribution < 1.29 is 23.1 Å². The number of nitrogens with two attached hydrogens (primary N) is 1. The highest BCUT2D eigenvalue weighted by Gasteiger charge is 2.26. The van der Waals surface area contributed by atoms with Crippen LogP contribution in [0, 0.1) is 0 Å². The van der Waals surface area contributed by atoms with Crippen molar-refractivity contribution >= 4 is 11.8 Å². The lowest BCUT2D eigenvalue weighted by molar-refractivity contribution is -0.222. The Balaban J connectivity index is 3.71. The third-order valence-electron chi connectivity index (χ3n) is 1.13. The molecule has 0 aliphatic carbocycles. The van der Waals surface area contributed by atoms with Gasteiger partial charge in [0.2, 0.25) is 0 Å². The summed E-state index contributed by atoms with van der Waals surface area (Å²) in [6, 6.07) is 0. The molecule has 0 fully saturated rings. The summed E-state index contributed by atoms with van der Waals surface area (Å²) in [6.07, 6.45) is -4.01. The number of hydrogen-bond acceptors (Lipinski definition) is 4. The van der Waals surface area contributed by atoms with E-state index in [0.29, 0.717) is 6.92 Å². The van der Waals surface area contributed by atoms with E-state index in [9.17, 15) is 18.4 Å². The normalized spacial score (nSPS) is 11.1. The fourth-order valence-electron chi connectivity index (χ4n) is 0.594. The third-order valence-corrected chi connectivity index (χ3v) is 1.13. The van der Waals surface area contributed by atoms with Crippen LogP contribution in [-0.2, 0) is 14.3 Å². The number of halogens is 2. The number of alkyl halides is 2. The highest BCUT2D eigenvalue weighted by molar-refractivity contribution is 5.84. The SMILES string of the molecule is CC(F)(F)OC(=O)CCC(=O)CN. The topological polar surface area (TPSA) is 69.4 Å². The van der Waals surface area contributed by atoms with Crippen molar-refractivity contribution in [2.75, 3.05) is 6.54 Å². The van der Waals surface area contributed by atoms with Crippen molar-refractivity contribution in [2.45, 2.75) is 25.9 Å². The number of hydrogen-bond donors (Lipinski definition) is 1. The second-order valence-corrected chi connectivity index (χ2v) is 2.52. The van der Waals surface area contributed by atoms with Crippen LogP contribution in [0.15, 0.2) is 0 Å². The summed E-state index contributed by atoms with van der Waals surface area (Å²) < 4.78 is 27.7. The van der Waals surface area contributed by atoms with Crippen LogP contribution in [0.2, 0.25) is 0 Å². The van der Waals surface area contributed by atoms with Crippen molar-refractivity contribution in [3.05, 3.63) is 0 Å². The Kier molecular flexibility index (Phi) is 4.47. The van der Waals surface area contributed by atoms with Crippen molar-refractivity contribution in [2.24, 2.45) is 5.73 Å².